The molecule has 0 aliphatic carbocycles. The third-order valence-corrected chi connectivity index (χ3v) is 6.22. The number of rotatable bonds is 3. The quantitative estimate of drug-likeness (QED) is 0.399. The SMILES string of the molecule is Cc1ccc(-c2cncc3[nH]c(-c4n[nH]c5ccc(-c6ccncc6)nc45)cc23)s1. The molecule has 0 aliphatic heterocycles. The van der Waals surface area contributed by atoms with Gasteiger partial charge in [-0.05, 0) is 49.4 Å². The number of hydrogen-bond donors (Lipinski definition) is 2. The number of nitrogens with zero attached hydrogens (tertiary/aromatic N) is 4. The van der Waals surface area contributed by atoms with Gasteiger partial charge in [0.1, 0.15) is 11.2 Å². The number of thiophene rings is 1. The second-order valence-electron chi connectivity index (χ2n) is 7.14. The average molecular weight is 408 g/mol. The molecule has 7 heteroatoms. The second-order valence-corrected chi connectivity index (χ2v) is 8.43. The van der Waals surface area contributed by atoms with Crippen molar-refractivity contribution in [3.63, 3.8) is 0 Å². The van der Waals surface area contributed by atoms with Gasteiger partial charge >= 0.3 is 0 Å². The predicted octanol–water partition coefficient (Wildman–Crippen LogP) is 5.60. The van der Waals surface area contributed by atoms with E-state index in [1.807, 2.05) is 36.7 Å². The molecule has 144 valence electrons. The Bertz CT molecular complexity index is 1510. The Morgan fingerprint density at radius 1 is 0.900 bits per heavy atom. The van der Waals surface area contributed by atoms with Crippen molar-refractivity contribution in [2.24, 2.45) is 0 Å². The van der Waals surface area contributed by atoms with Gasteiger partial charge in [-0.2, -0.15) is 5.10 Å². The summed E-state index contributed by atoms with van der Waals surface area (Å²) in [5.74, 6) is 0. The molecule has 6 aromatic rings. The number of aryl methyl sites for hydroxylation is 1. The molecule has 2 N–H and O–H groups in total. The van der Waals surface area contributed by atoms with Crippen LogP contribution >= 0.6 is 11.3 Å². The summed E-state index contributed by atoms with van der Waals surface area (Å²) in [6.07, 6.45) is 7.33. The van der Waals surface area contributed by atoms with E-state index in [0.29, 0.717) is 0 Å². The summed E-state index contributed by atoms with van der Waals surface area (Å²) < 4.78 is 0. The summed E-state index contributed by atoms with van der Waals surface area (Å²) in [7, 11) is 0. The molecule has 6 rings (SSSR count). The van der Waals surface area contributed by atoms with E-state index in [9.17, 15) is 0 Å². The summed E-state index contributed by atoms with van der Waals surface area (Å²) >= 11 is 1.77. The van der Waals surface area contributed by atoms with Crippen LogP contribution in [0.5, 0.6) is 0 Å². The van der Waals surface area contributed by atoms with Crippen molar-refractivity contribution >= 4 is 33.3 Å². The number of pyridine rings is 3. The highest BCUT2D eigenvalue weighted by Crippen LogP contribution is 2.36. The van der Waals surface area contributed by atoms with E-state index in [-0.39, 0.29) is 0 Å². The molecular weight excluding hydrogens is 392 g/mol. The number of fused-ring (bicyclic) bond motifs is 2. The first-order chi connectivity index (χ1) is 14.8. The van der Waals surface area contributed by atoms with Crippen LogP contribution in [0.15, 0.2) is 67.3 Å². The van der Waals surface area contributed by atoms with Gasteiger partial charge in [-0.25, -0.2) is 4.98 Å². The molecule has 0 spiro atoms. The number of nitrogens with one attached hydrogen (secondary N) is 2. The van der Waals surface area contributed by atoms with E-state index >= 15 is 0 Å². The minimum absolute atomic E-state index is 0.797. The molecule has 6 nitrogen and oxygen atoms in total. The Hall–Kier alpha value is -3.84. The zero-order valence-corrected chi connectivity index (χ0v) is 16.9. The molecule has 0 aromatic carbocycles. The Morgan fingerprint density at radius 3 is 2.63 bits per heavy atom. The van der Waals surface area contributed by atoms with Crippen molar-refractivity contribution in [3.05, 3.63) is 72.1 Å². The van der Waals surface area contributed by atoms with Crippen molar-refractivity contribution < 1.29 is 0 Å². The van der Waals surface area contributed by atoms with E-state index in [4.69, 9.17) is 4.98 Å². The van der Waals surface area contributed by atoms with Crippen molar-refractivity contribution in [3.8, 4) is 33.1 Å². The summed E-state index contributed by atoms with van der Waals surface area (Å²) in [6.45, 7) is 2.12. The Labute approximate surface area is 175 Å². The summed E-state index contributed by atoms with van der Waals surface area (Å²) in [4.78, 5) is 19.4. The molecule has 0 aliphatic rings. The molecule has 6 heterocycles. The van der Waals surface area contributed by atoms with Crippen LogP contribution in [-0.4, -0.2) is 30.1 Å². The van der Waals surface area contributed by atoms with Crippen LogP contribution in [0.1, 0.15) is 4.88 Å². The van der Waals surface area contributed by atoms with E-state index in [1.54, 1.807) is 23.7 Å². The van der Waals surface area contributed by atoms with Crippen LogP contribution in [0.4, 0.5) is 0 Å². The van der Waals surface area contributed by atoms with Gasteiger partial charge in [0.2, 0.25) is 0 Å². The lowest BCUT2D eigenvalue weighted by Crippen LogP contribution is -1.86. The van der Waals surface area contributed by atoms with Crippen molar-refractivity contribution in [2.75, 3.05) is 0 Å². The summed E-state index contributed by atoms with van der Waals surface area (Å²) in [5.41, 5.74) is 7.46. The highest BCUT2D eigenvalue weighted by Gasteiger charge is 2.16. The first-order valence-corrected chi connectivity index (χ1v) is 10.4. The fourth-order valence-electron chi connectivity index (χ4n) is 3.72. The lowest BCUT2D eigenvalue weighted by molar-refractivity contribution is 1.12. The molecular formula is C23H16N6S. The molecule has 0 saturated heterocycles. The van der Waals surface area contributed by atoms with Crippen LogP contribution in [0.25, 0.3) is 55.0 Å². The molecule has 0 saturated carbocycles. The Kier molecular flexibility index (Phi) is 3.75. The van der Waals surface area contributed by atoms with Crippen molar-refractivity contribution in [1.82, 2.24) is 30.1 Å². The monoisotopic (exact) mass is 408 g/mol. The molecule has 0 atom stereocenters. The maximum atomic E-state index is 4.88. The zero-order chi connectivity index (χ0) is 20.1. The molecule has 0 unspecified atom stereocenters. The molecule has 0 bridgehead atoms. The minimum Gasteiger partial charge on any atom is -0.352 e. The number of hydrogen-bond acceptors (Lipinski definition) is 5. The number of aromatic amines is 2. The third kappa shape index (κ3) is 2.71. The molecule has 6 aromatic heterocycles. The maximum absolute atomic E-state index is 4.88. The topological polar surface area (TPSA) is 83.1 Å². The number of H-pyrrole nitrogens is 2. The average Bonchev–Trinajstić information content (AvgIpc) is 3.51. The maximum Gasteiger partial charge on any atom is 0.135 e. The lowest BCUT2D eigenvalue weighted by atomic mass is 10.1. The van der Waals surface area contributed by atoms with Gasteiger partial charge < -0.3 is 4.98 Å². The standard InChI is InChI=1S/C23H16N6S/c1-13-2-5-21(30-13)16-11-25-12-20-15(16)10-19(26-20)23-22-18(28-29-23)4-3-17(27-22)14-6-8-24-9-7-14/h2-12,26H,1H3,(H,28,29). The van der Waals surface area contributed by atoms with E-state index in [0.717, 1.165) is 50.1 Å². The molecule has 0 radical (unpaired) electrons. The van der Waals surface area contributed by atoms with E-state index < -0.39 is 0 Å². The Morgan fingerprint density at radius 2 is 1.80 bits per heavy atom. The fourth-order valence-corrected chi connectivity index (χ4v) is 4.62. The van der Waals surface area contributed by atoms with Crippen LogP contribution in [0.2, 0.25) is 0 Å². The van der Waals surface area contributed by atoms with E-state index in [2.05, 4.69) is 50.3 Å². The Balaban J connectivity index is 1.52. The third-order valence-electron chi connectivity index (χ3n) is 5.19. The smallest absolute Gasteiger partial charge is 0.135 e. The zero-order valence-electron chi connectivity index (χ0n) is 16.0. The lowest BCUT2D eigenvalue weighted by Gasteiger charge is -2.00. The van der Waals surface area contributed by atoms with E-state index in [1.165, 1.54) is 9.75 Å². The van der Waals surface area contributed by atoms with Gasteiger partial charge in [0.05, 0.1) is 28.6 Å². The molecule has 30 heavy (non-hydrogen) atoms. The molecule has 0 fully saturated rings. The van der Waals surface area contributed by atoms with Crippen LogP contribution < -0.4 is 0 Å². The van der Waals surface area contributed by atoms with Crippen molar-refractivity contribution in [1.29, 1.82) is 0 Å². The fraction of sp³-hybridized carbons (Fsp3) is 0.0435. The highest BCUT2D eigenvalue weighted by atomic mass is 32.1. The highest BCUT2D eigenvalue weighted by molar-refractivity contribution is 7.15. The summed E-state index contributed by atoms with van der Waals surface area (Å²) in [5, 5.41) is 8.78. The van der Waals surface area contributed by atoms with Gasteiger partial charge in [0.15, 0.2) is 0 Å². The normalized spacial score (nSPS) is 11.5. The van der Waals surface area contributed by atoms with Gasteiger partial charge in [0, 0.05) is 44.9 Å². The predicted molar refractivity (Wildman–Crippen MR) is 120 cm³/mol. The van der Waals surface area contributed by atoms with Crippen molar-refractivity contribution in [2.45, 2.75) is 6.92 Å². The summed E-state index contributed by atoms with van der Waals surface area (Å²) in [6, 6.07) is 14.3. The first-order valence-electron chi connectivity index (χ1n) is 9.56. The minimum atomic E-state index is 0.797. The van der Waals surface area contributed by atoms with Gasteiger partial charge in [-0.15, -0.1) is 11.3 Å². The largest absolute Gasteiger partial charge is 0.352 e. The van der Waals surface area contributed by atoms with Crippen LogP contribution in [0, 0.1) is 6.92 Å². The van der Waals surface area contributed by atoms with Gasteiger partial charge in [-0.3, -0.25) is 15.1 Å². The first kappa shape index (κ1) is 17.1. The second kappa shape index (κ2) is 6.60. The van der Waals surface area contributed by atoms with Crippen LogP contribution in [-0.2, 0) is 0 Å². The van der Waals surface area contributed by atoms with Gasteiger partial charge in [0.25, 0.3) is 0 Å². The van der Waals surface area contributed by atoms with Gasteiger partial charge in [-0.1, -0.05) is 0 Å². The van der Waals surface area contributed by atoms with Crippen LogP contribution in [0.3, 0.4) is 0 Å². The molecule has 0 amide bonds. The number of aromatic nitrogens is 6.